The number of nitrogens with zero attached hydrogens (tertiary/aromatic N) is 4. The molecule has 1 aromatic carbocycles. The average Bonchev–Trinajstić information content (AvgIpc) is 3.13. The number of rotatable bonds is 5. The Kier molecular flexibility index (Phi) is 4.59. The van der Waals surface area contributed by atoms with Crippen molar-refractivity contribution >= 4 is 16.8 Å². The summed E-state index contributed by atoms with van der Waals surface area (Å²) in [7, 11) is 1.60. The fourth-order valence-corrected chi connectivity index (χ4v) is 3.94. The number of pyridine rings is 3. The van der Waals surface area contributed by atoms with E-state index in [0.717, 1.165) is 33.4 Å². The normalized spacial score (nSPS) is 13.0. The van der Waals surface area contributed by atoms with E-state index in [2.05, 4.69) is 16.0 Å². The van der Waals surface area contributed by atoms with Gasteiger partial charge in [0, 0.05) is 47.6 Å². The van der Waals surface area contributed by atoms with E-state index in [0.29, 0.717) is 30.8 Å². The van der Waals surface area contributed by atoms with Crippen LogP contribution in [-0.2, 0) is 13.0 Å². The lowest BCUT2D eigenvalue weighted by atomic mass is 10.0. The third-order valence-electron chi connectivity index (χ3n) is 5.46. The smallest absolute Gasteiger partial charge is 0.256 e. The predicted octanol–water partition coefficient (Wildman–Crippen LogP) is 3.90. The first kappa shape index (κ1) is 18.2. The van der Waals surface area contributed by atoms with Crippen molar-refractivity contribution in [2.75, 3.05) is 13.7 Å². The highest BCUT2D eigenvalue weighted by Gasteiger charge is 2.31. The van der Waals surface area contributed by atoms with E-state index < -0.39 is 0 Å². The zero-order valence-corrected chi connectivity index (χ0v) is 16.6. The largest absolute Gasteiger partial charge is 0.494 e. The van der Waals surface area contributed by atoms with Crippen molar-refractivity contribution in [2.45, 2.75) is 13.0 Å². The van der Waals surface area contributed by atoms with Gasteiger partial charge in [0.2, 0.25) is 0 Å². The molecule has 0 bridgehead atoms. The summed E-state index contributed by atoms with van der Waals surface area (Å²) in [5.74, 6) is 0.630. The maximum atomic E-state index is 13.2. The van der Waals surface area contributed by atoms with Gasteiger partial charge in [-0.1, -0.05) is 24.3 Å². The van der Waals surface area contributed by atoms with Crippen LogP contribution in [0.15, 0.2) is 67.1 Å². The van der Waals surface area contributed by atoms with E-state index in [1.807, 2.05) is 47.4 Å². The van der Waals surface area contributed by atoms with Gasteiger partial charge in [-0.05, 0) is 24.3 Å². The van der Waals surface area contributed by atoms with Gasteiger partial charge in [-0.3, -0.25) is 19.7 Å². The maximum Gasteiger partial charge on any atom is 0.256 e. The van der Waals surface area contributed by atoms with Crippen molar-refractivity contribution in [1.82, 2.24) is 19.9 Å². The Balaban J connectivity index is 1.40. The first-order chi connectivity index (χ1) is 14.7. The minimum Gasteiger partial charge on any atom is -0.494 e. The molecule has 0 saturated carbocycles. The van der Waals surface area contributed by atoms with Crippen LogP contribution in [0.5, 0.6) is 5.75 Å². The van der Waals surface area contributed by atoms with Crippen LogP contribution in [0.25, 0.3) is 22.0 Å². The molecule has 30 heavy (non-hydrogen) atoms. The number of carbonyl (C=O) groups is 1. The lowest BCUT2D eigenvalue weighted by Crippen LogP contribution is -2.26. The number of amides is 1. The summed E-state index contributed by atoms with van der Waals surface area (Å²) in [6.45, 7) is 1.09. The molecule has 5 rings (SSSR count). The van der Waals surface area contributed by atoms with E-state index in [9.17, 15) is 4.79 Å². The van der Waals surface area contributed by atoms with Crippen LogP contribution >= 0.6 is 0 Å². The Morgan fingerprint density at radius 1 is 1.03 bits per heavy atom. The quantitative estimate of drug-likeness (QED) is 0.512. The summed E-state index contributed by atoms with van der Waals surface area (Å²) in [6, 6.07) is 15.9. The van der Waals surface area contributed by atoms with Gasteiger partial charge < -0.3 is 9.64 Å². The van der Waals surface area contributed by atoms with Gasteiger partial charge in [-0.2, -0.15) is 0 Å². The fourth-order valence-electron chi connectivity index (χ4n) is 3.94. The van der Waals surface area contributed by atoms with Gasteiger partial charge in [-0.15, -0.1) is 0 Å². The van der Waals surface area contributed by atoms with Crippen LogP contribution < -0.4 is 4.74 Å². The van der Waals surface area contributed by atoms with Gasteiger partial charge in [0.15, 0.2) is 0 Å². The molecular formula is C24H20N4O2. The molecule has 4 heterocycles. The first-order valence-electron chi connectivity index (χ1n) is 9.85. The molecule has 6 heteroatoms. The molecule has 1 amide bonds. The molecular weight excluding hydrogens is 376 g/mol. The summed E-state index contributed by atoms with van der Waals surface area (Å²) in [6.07, 6.45) is 5.80. The summed E-state index contributed by atoms with van der Waals surface area (Å²) < 4.78 is 5.45. The van der Waals surface area contributed by atoms with Crippen molar-refractivity contribution in [3.8, 4) is 16.9 Å². The van der Waals surface area contributed by atoms with Gasteiger partial charge in [-0.25, -0.2) is 0 Å². The third kappa shape index (κ3) is 3.16. The Labute approximate surface area is 174 Å². The van der Waals surface area contributed by atoms with Gasteiger partial charge in [0.1, 0.15) is 5.75 Å². The van der Waals surface area contributed by atoms with Crippen LogP contribution in [0.4, 0.5) is 0 Å². The number of carbonyl (C=O) groups excluding carboxylic acids is 1. The number of ether oxygens (including phenoxy) is 1. The minimum absolute atomic E-state index is 0.00671. The molecule has 6 nitrogen and oxygen atoms in total. The number of hydrogen-bond donors (Lipinski definition) is 0. The average molecular weight is 396 g/mol. The monoisotopic (exact) mass is 396 g/mol. The summed E-state index contributed by atoms with van der Waals surface area (Å²) in [5, 5.41) is 1.12. The van der Waals surface area contributed by atoms with Gasteiger partial charge >= 0.3 is 0 Å². The topological polar surface area (TPSA) is 68.2 Å². The summed E-state index contributed by atoms with van der Waals surface area (Å²) >= 11 is 0. The number of aromatic nitrogens is 3. The van der Waals surface area contributed by atoms with E-state index >= 15 is 0 Å². The van der Waals surface area contributed by atoms with E-state index in [-0.39, 0.29) is 5.91 Å². The van der Waals surface area contributed by atoms with Crippen LogP contribution in [-0.4, -0.2) is 39.4 Å². The zero-order valence-electron chi connectivity index (χ0n) is 16.6. The van der Waals surface area contributed by atoms with E-state index in [1.54, 1.807) is 25.7 Å². The number of fused-ring (bicyclic) bond motifs is 2. The van der Waals surface area contributed by atoms with Crippen LogP contribution in [0.1, 0.15) is 21.7 Å². The molecule has 0 saturated heterocycles. The number of methoxy groups -OCH3 is 1. The maximum absolute atomic E-state index is 13.2. The van der Waals surface area contributed by atoms with Crippen molar-refractivity contribution in [1.29, 1.82) is 0 Å². The second-order valence-electron chi connectivity index (χ2n) is 7.23. The molecule has 1 aliphatic rings. The number of hydrogen-bond acceptors (Lipinski definition) is 5. The van der Waals surface area contributed by atoms with E-state index in [4.69, 9.17) is 9.72 Å². The van der Waals surface area contributed by atoms with Crippen molar-refractivity contribution in [3.63, 3.8) is 0 Å². The Morgan fingerprint density at radius 2 is 1.90 bits per heavy atom. The molecule has 0 spiro atoms. The molecule has 0 fully saturated rings. The first-order valence-corrected chi connectivity index (χ1v) is 9.85. The Hall–Kier alpha value is -3.80. The molecule has 0 aliphatic carbocycles. The molecule has 3 aromatic heterocycles. The van der Waals surface area contributed by atoms with E-state index in [1.165, 1.54) is 0 Å². The summed E-state index contributed by atoms with van der Waals surface area (Å²) in [4.78, 5) is 28.4. The lowest BCUT2D eigenvalue weighted by Gasteiger charge is -2.15. The fraction of sp³-hybridized carbons (Fsp3) is 0.167. The molecule has 4 aromatic rings. The Morgan fingerprint density at radius 3 is 2.80 bits per heavy atom. The standard InChI is InChI=1S/C24H20N4O2/c1-30-22-14-25-11-8-18(22)19-9-12-26-21-15-28(24(29)23(19)21)13-10-17-7-6-16-4-2-3-5-20(16)27-17/h2-9,11-12,14H,10,13,15H2,1H3. The molecule has 0 atom stereocenters. The van der Waals surface area contributed by atoms with Crippen LogP contribution in [0, 0.1) is 0 Å². The molecule has 1 aliphatic heterocycles. The lowest BCUT2D eigenvalue weighted by molar-refractivity contribution is 0.0780. The second kappa shape index (κ2) is 7.55. The molecule has 148 valence electrons. The highest BCUT2D eigenvalue weighted by molar-refractivity contribution is 6.04. The van der Waals surface area contributed by atoms with Gasteiger partial charge in [0.25, 0.3) is 5.91 Å². The number of para-hydroxylation sites is 1. The molecule has 0 N–H and O–H groups in total. The predicted molar refractivity (Wildman–Crippen MR) is 114 cm³/mol. The van der Waals surface area contributed by atoms with Crippen LogP contribution in [0.3, 0.4) is 0 Å². The number of benzene rings is 1. The minimum atomic E-state index is -0.00671. The zero-order chi connectivity index (χ0) is 20.5. The second-order valence-corrected chi connectivity index (χ2v) is 7.23. The third-order valence-corrected chi connectivity index (χ3v) is 5.46. The van der Waals surface area contributed by atoms with Crippen molar-refractivity contribution < 1.29 is 9.53 Å². The molecule has 0 radical (unpaired) electrons. The highest BCUT2D eigenvalue weighted by Crippen LogP contribution is 2.35. The van der Waals surface area contributed by atoms with Crippen molar-refractivity contribution in [2.24, 2.45) is 0 Å². The summed E-state index contributed by atoms with van der Waals surface area (Å²) in [5.41, 5.74) is 5.06. The van der Waals surface area contributed by atoms with Crippen molar-refractivity contribution in [3.05, 3.63) is 84.1 Å². The Bertz CT molecular complexity index is 1250. The van der Waals surface area contributed by atoms with Crippen LogP contribution in [0.2, 0.25) is 0 Å². The molecule has 0 unspecified atom stereocenters. The SMILES string of the molecule is COc1cnccc1-c1ccnc2c1C(=O)N(CCc1ccc3ccccc3n1)C2. The highest BCUT2D eigenvalue weighted by atomic mass is 16.5. The van der Waals surface area contributed by atoms with Gasteiger partial charge in [0.05, 0.1) is 36.6 Å².